The van der Waals surface area contributed by atoms with Gasteiger partial charge in [0.1, 0.15) is 0 Å². The van der Waals surface area contributed by atoms with Gasteiger partial charge in [0.05, 0.1) is 0 Å². The van der Waals surface area contributed by atoms with E-state index >= 15 is 0 Å². The van der Waals surface area contributed by atoms with Crippen molar-refractivity contribution in [2.75, 3.05) is 20.1 Å². The molecule has 2 rings (SSSR count). The van der Waals surface area contributed by atoms with Gasteiger partial charge >= 0.3 is 0 Å². The van der Waals surface area contributed by atoms with E-state index in [1.807, 2.05) is 20.0 Å². The highest BCUT2D eigenvalue weighted by molar-refractivity contribution is 5.85. The van der Waals surface area contributed by atoms with Crippen LogP contribution in [0.1, 0.15) is 25.3 Å². The van der Waals surface area contributed by atoms with E-state index in [1.54, 1.807) is 0 Å². The molecule has 1 aliphatic heterocycles. The Balaban J connectivity index is 0.00000200. The van der Waals surface area contributed by atoms with Crippen LogP contribution in [0.15, 0.2) is 30.3 Å². The van der Waals surface area contributed by atoms with Crippen LogP contribution in [0.5, 0.6) is 0 Å². The monoisotopic (exact) mass is 296 g/mol. The molecule has 112 valence electrons. The van der Waals surface area contributed by atoms with Crippen molar-refractivity contribution in [3.8, 4) is 0 Å². The standard InChI is InChI=1S/C16H24N2O.ClH/c1-13(12-17-2)16(19)18-10-6-9-15(18)11-14-7-4-3-5-8-14;/h3-5,7-8,13,15,17H,6,9-12H2,1-2H3;1H. The lowest BCUT2D eigenvalue weighted by Crippen LogP contribution is -2.42. The Hall–Kier alpha value is -1.06. The molecule has 3 nitrogen and oxygen atoms in total. The second-order valence-electron chi connectivity index (χ2n) is 5.48. The maximum Gasteiger partial charge on any atom is 0.226 e. The Kier molecular flexibility index (Phi) is 7.03. The SMILES string of the molecule is CNCC(C)C(=O)N1CCCC1Cc1ccccc1.Cl. The van der Waals surface area contributed by atoms with Gasteiger partial charge in [-0.1, -0.05) is 37.3 Å². The van der Waals surface area contributed by atoms with E-state index in [9.17, 15) is 4.79 Å². The molecule has 0 spiro atoms. The fourth-order valence-corrected chi connectivity index (χ4v) is 2.90. The third-order valence-corrected chi connectivity index (χ3v) is 3.91. The van der Waals surface area contributed by atoms with Crippen molar-refractivity contribution in [1.29, 1.82) is 0 Å². The first-order valence-corrected chi connectivity index (χ1v) is 7.21. The molecule has 0 aliphatic carbocycles. The molecule has 2 unspecified atom stereocenters. The summed E-state index contributed by atoms with van der Waals surface area (Å²) in [4.78, 5) is 14.5. The van der Waals surface area contributed by atoms with Crippen molar-refractivity contribution in [1.82, 2.24) is 10.2 Å². The summed E-state index contributed by atoms with van der Waals surface area (Å²) in [5.41, 5.74) is 1.33. The molecule has 0 saturated carbocycles. The van der Waals surface area contributed by atoms with Crippen LogP contribution in [0.4, 0.5) is 0 Å². The van der Waals surface area contributed by atoms with Crippen molar-refractivity contribution in [2.24, 2.45) is 5.92 Å². The second-order valence-corrected chi connectivity index (χ2v) is 5.48. The second kappa shape index (κ2) is 8.28. The van der Waals surface area contributed by atoms with E-state index in [4.69, 9.17) is 0 Å². The lowest BCUT2D eigenvalue weighted by molar-refractivity contribution is -0.135. The number of benzene rings is 1. The topological polar surface area (TPSA) is 32.3 Å². The molecule has 0 aromatic heterocycles. The van der Waals surface area contributed by atoms with Crippen LogP contribution in [0.3, 0.4) is 0 Å². The van der Waals surface area contributed by atoms with Gasteiger partial charge in [-0.3, -0.25) is 4.79 Å². The highest BCUT2D eigenvalue weighted by Gasteiger charge is 2.30. The summed E-state index contributed by atoms with van der Waals surface area (Å²) in [5, 5.41) is 3.09. The smallest absolute Gasteiger partial charge is 0.226 e. The zero-order chi connectivity index (χ0) is 13.7. The van der Waals surface area contributed by atoms with Crippen molar-refractivity contribution >= 4 is 18.3 Å². The number of hydrogen-bond donors (Lipinski definition) is 1. The van der Waals surface area contributed by atoms with E-state index in [0.29, 0.717) is 11.9 Å². The minimum absolute atomic E-state index is 0. The fraction of sp³-hybridized carbons (Fsp3) is 0.562. The zero-order valence-corrected chi connectivity index (χ0v) is 13.2. The van der Waals surface area contributed by atoms with Crippen LogP contribution in [-0.4, -0.2) is 37.0 Å². The number of rotatable bonds is 5. The van der Waals surface area contributed by atoms with Gasteiger partial charge in [0.25, 0.3) is 0 Å². The Morgan fingerprint density at radius 3 is 2.75 bits per heavy atom. The van der Waals surface area contributed by atoms with Crippen LogP contribution in [0, 0.1) is 5.92 Å². The molecule has 1 fully saturated rings. The molecular formula is C16H25ClN2O. The number of halogens is 1. The van der Waals surface area contributed by atoms with E-state index < -0.39 is 0 Å². The summed E-state index contributed by atoms with van der Waals surface area (Å²) in [7, 11) is 1.90. The van der Waals surface area contributed by atoms with Gasteiger partial charge in [0, 0.05) is 25.0 Å². The predicted molar refractivity (Wildman–Crippen MR) is 85.2 cm³/mol. The van der Waals surface area contributed by atoms with Crippen LogP contribution < -0.4 is 5.32 Å². The maximum absolute atomic E-state index is 12.4. The van der Waals surface area contributed by atoms with Gasteiger partial charge in [-0.15, -0.1) is 12.4 Å². The predicted octanol–water partition coefficient (Wildman–Crippen LogP) is 2.50. The largest absolute Gasteiger partial charge is 0.339 e. The van der Waals surface area contributed by atoms with Crippen molar-refractivity contribution in [2.45, 2.75) is 32.2 Å². The minimum atomic E-state index is 0. The zero-order valence-electron chi connectivity index (χ0n) is 12.3. The normalized spacial score (nSPS) is 19.5. The average molecular weight is 297 g/mol. The molecule has 20 heavy (non-hydrogen) atoms. The van der Waals surface area contributed by atoms with Crippen LogP contribution in [-0.2, 0) is 11.2 Å². The highest BCUT2D eigenvalue weighted by atomic mass is 35.5. The molecule has 0 radical (unpaired) electrons. The van der Waals surface area contributed by atoms with Crippen LogP contribution in [0.25, 0.3) is 0 Å². The minimum Gasteiger partial charge on any atom is -0.339 e. The maximum atomic E-state index is 12.4. The summed E-state index contributed by atoms with van der Waals surface area (Å²) in [6.45, 7) is 3.69. The first-order chi connectivity index (χ1) is 9.22. The van der Waals surface area contributed by atoms with Gasteiger partial charge in [0.15, 0.2) is 0 Å². The lowest BCUT2D eigenvalue weighted by atomic mass is 10.0. The molecule has 1 aliphatic rings. The molecule has 1 saturated heterocycles. The number of amides is 1. The first-order valence-electron chi connectivity index (χ1n) is 7.21. The number of hydrogen-bond acceptors (Lipinski definition) is 2. The van der Waals surface area contributed by atoms with Gasteiger partial charge < -0.3 is 10.2 Å². The summed E-state index contributed by atoms with van der Waals surface area (Å²) >= 11 is 0. The highest BCUT2D eigenvalue weighted by Crippen LogP contribution is 2.23. The Morgan fingerprint density at radius 2 is 2.10 bits per heavy atom. The summed E-state index contributed by atoms with van der Waals surface area (Å²) in [6.07, 6.45) is 3.25. The third kappa shape index (κ3) is 4.22. The molecule has 1 aromatic rings. The van der Waals surface area contributed by atoms with Gasteiger partial charge in [0.2, 0.25) is 5.91 Å². The molecule has 4 heteroatoms. The van der Waals surface area contributed by atoms with Crippen LogP contribution >= 0.6 is 12.4 Å². The Labute approximate surface area is 128 Å². The summed E-state index contributed by atoms with van der Waals surface area (Å²) in [5.74, 6) is 0.370. The molecule has 1 heterocycles. The first kappa shape index (κ1) is 17.0. The molecule has 1 N–H and O–H groups in total. The van der Waals surface area contributed by atoms with E-state index in [2.05, 4.69) is 34.5 Å². The van der Waals surface area contributed by atoms with E-state index in [0.717, 1.165) is 32.4 Å². The number of carbonyl (C=O) groups is 1. The molecule has 1 amide bonds. The fourth-order valence-electron chi connectivity index (χ4n) is 2.90. The molecule has 2 atom stereocenters. The van der Waals surface area contributed by atoms with E-state index in [-0.39, 0.29) is 18.3 Å². The molecular weight excluding hydrogens is 272 g/mol. The Bertz CT molecular complexity index is 410. The number of nitrogens with one attached hydrogen (secondary N) is 1. The molecule has 1 aromatic carbocycles. The van der Waals surface area contributed by atoms with Crippen molar-refractivity contribution in [3.05, 3.63) is 35.9 Å². The third-order valence-electron chi connectivity index (χ3n) is 3.91. The Morgan fingerprint density at radius 1 is 1.40 bits per heavy atom. The van der Waals surface area contributed by atoms with Crippen LogP contribution in [0.2, 0.25) is 0 Å². The lowest BCUT2D eigenvalue weighted by Gasteiger charge is -2.27. The summed E-state index contributed by atoms with van der Waals surface area (Å²) < 4.78 is 0. The van der Waals surface area contributed by atoms with Crippen molar-refractivity contribution in [3.63, 3.8) is 0 Å². The average Bonchev–Trinajstić information content (AvgIpc) is 2.87. The number of likely N-dealkylation sites (tertiary alicyclic amines) is 1. The summed E-state index contributed by atoms with van der Waals surface area (Å²) in [6, 6.07) is 10.9. The van der Waals surface area contributed by atoms with Gasteiger partial charge in [-0.05, 0) is 31.9 Å². The quantitative estimate of drug-likeness (QED) is 0.905. The number of carbonyl (C=O) groups excluding carboxylic acids is 1. The number of nitrogens with zero attached hydrogens (tertiary/aromatic N) is 1. The van der Waals surface area contributed by atoms with Gasteiger partial charge in [-0.2, -0.15) is 0 Å². The molecule has 0 bridgehead atoms. The van der Waals surface area contributed by atoms with Crippen molar-refractivity contribution < 1.29 is 4.79 Å². The van der Waals surface area contributed by atoms with Gasteiger partial charge in [-0.25, -0.2) is 0 Å². The van der Waals surface area contributed by atoms with E-state index in [1.165, 1.54) is 5.56 Å².